The van der Waals surface area contributed by atoms with E-state index in [4.69, 9.17) is 0 Å². The Kier molecular flexibility index (Phi) is 3.22. The molecule has 29 heavy (non-hydrogen) atoms. The molecule has 3 aliphatic carbocycles. The molecule has 2 aliphatic heterocycles. The number of hydrogen-bond acceptors (Lipinski definition) is 4. The van der Waals surface area contributed by atoms with Crippen molar-refractivity contribution in [3.05, 3.63) is 57.7 Å². The molecule has 6 nitrogen and oxygen atoms in total. The number of allylic oxidation sites excluding steroid dienone is 2. The Bertz CT molecular complexity index is 1040. The molecule has 0 spiro atoms. The van der Waals surface area contributed by atoms with Gasteiger partial charge in [0.2, 0.25) is 0 Å². The molecule has 1 saturated heterocycles. The van der Waals surface area contributed by atoms with Crippen LogP contribution in [0.2, 0.25) is 0 Å². The van der Waals surface area contributed by atoms with Crippen LogP contribution in [0.4, 0.5) is 0 Å². The van der Waals surface area contributed by atoms with Crippen LogP contribution in [0.1, 0.15) is 76.3 Å². The Balaban J connectivity index is 1.37. The zero-order valence-corrected chi connectivity index (χ0v) is 16.0. The predicted molar refractivity (Wildman–Crippen MR) is 103 cm³/mol. The smallest absolute Gasteiger partial charge is 0.261 e. The number of amides is 4. The van der Waals surface area contributed by atoms with Crippen molar-refractivity contribution in [1.82, 2.24) is 10.2 Å². The second kappa shape index (κ2) is 5.53. The summed E-state index contributed by atoms with van der Waals surface area (Å²) >= 11 is 0. The summed E-state index contributed by atoms with van der Waals surface area (Å²) in [6.07, 6.45) is 7.72. The number of benzene rings is 1. The molecule has 1 saturated carbocycles. The lowest BCUT2D eigenvalue weighted by atomic mass is 9.63. The fraction of sp³-hybridized carbons (Fsp3) is 0.391. The fourth-order valence-electron chi connectivity index (χ4n) is 5.75. The molecule has 0 bridgehead atoms. The first-order valence-electron chi connectivity index (χ1n) is 10.3. The molecule has 2 heterocycles. The maximum absolute atomic E-state index is 13.1. The summed E-state index contributed by atoms with van der Waals surface area (Å²) in [5.41, 5.74) is 3.73. The second-order valence-electron chi connectivity index (χ2n) is 8.74. The molecule has 146 valence electrons. The predicted octanol–water partition coefficient (Wildman–Crippen LogP) is 2.56. The van der Waals surface area contributed by atoms with Crippen molar-refractivity contribution in [1.29, 1.82) is 0 Å². The van der Waals surface area contributed by atoms with Crippen LogP contribution in [0.5, 0.6) is 0 Å². The monoisotopic (exact) mass is 388 g/mol. The summed E-state index contributed by atoms with van der Waals surface area (Å²) in [5.74, 6) is -0.574. The maximum Gasteiger partial charge on any atom is 0.261 e. The molecule has 4 amide bonds. The fourth-order valence-corrected chi connectivity index (χ4v) is 5.75. The number of likely N-dealkylation sites (tertiary alicyclic amines) is 1. The Morgan fingerprint density at radius 3 is 1.93 bits per heavy atom. The van der Waals surface area contributed by atoms with Crippen LogP contribution in [0, 0.1) is 5.92 Å². The first-order valence-corrected chi connectivity index (χ1v) is 10.3. The summed E-state index contributed by atoms with van der Waals surface area (Å²) < 4.78 is 0. The third kappa shape index (κ3) is 2.06. The van der Waals surface area contributed by atoms with Gasteiger partial charge in [-0.3, -0.25) is 29.4 Å². The lowest BCUT2D eigenvalue weighted by Gasteiger charge is -2.39. The molecule has 6 rings (SSSR count). The van der Waals surface area contributed by atoms with E-state index < -0.39 is 0 Å². The Hall–Kier alpha value is -3.02. The first-order chi connectivity index (χ1) is 14.0. The molecule has 6 heteroatoms. The standard InChI is InChI=1S/C23H20N2O4/c1-2-10-3-4-11(5-10)25-22(28)18-8-14-12-6-16-17(21(27)24-20(16)26)7-13(12)15(14)9-19(18)23(25)29/h6-11,14-15H,2-5H2,1H3,(H,24,26,27)/t10?,11?,14-,15+. The van der Waals surface area contributed by atoms with Crippen molar-refractivity contribution in [2.24, 2.45) is 5.92 Å². The number of rotatable bonds is 2. The van der Waals surface area contributed by atoms with Gasteiger partial charge in [-0.15, -0.1) is 0 Å². The number of imide groups is 2. The van der Waals surface area contributed by atoms with E-state index >= 15 is 0 Å². The average molecular weight is 388 g/mol. The summed E-state index contributed by atoms with van der Waals surface area (Å²) in [4.78, 5) is 51.6. The van der Waals surface area contributed by atoms with E-state index in [1.54, 1.807) is 12.1 Å². The molecular weight excluding hydrogens is 368 g/mol. The van der Waals surface area contributed by atoms with Crippen molar-refractivity contribution >= 4 is 23.6 Å². The van der Waals surface area contributed by atoms with Crippen LogP contribution in [-0.4, -0.2) is 34.6 Å². The molecule has 1 N–H and O–H groups in total. The zero-order chi connectivity index (χ0) is 20.0. The van der Waals surface area contributed by atoms with Gasteiger partial charge in [-0.2, -0.15) is 0 Å². The molecule has 4 atom stereocenters. The van der Waals surface area contributed by atoms with Crippen LogP contribution in [0.25, 0.3) is 0 Å². The van der Waals surface area contributed by atoms with Crippen molar-refractivity contribution in [3.8, 4) is 0 Å². The molecule has 1 aromatic carbocycles. The summed E-state index contributed by atoms with van der Waals surface area (Å²) in [6, 6.07) is 3.53. The summed E-state index contributed by atoms with van der Waals surface area (Å²) in [5, 5.41) is 2.32. The minimum absolute atomic E-state index is 0.00232. The Labute approximate surface area is 167 Å². The van der Waals surface area contributed by atoms with Gasteiger partial charge in [0.25, 0.3) is 23.6 Å². The van der Waals surface area contributed by atoms with E-state index in [1.165, 1.54) is 4.90 Å². The highest BCUT2D eigenvalue weighted by Crippen LogP contribution is 2.54. The van der Waals surface area contributed by atoms with Crippen molar-refractivity contribution in [2.45, 2.75) is 50.5 Å². The van der Waals surface area contributed by atoms with E-state index in [0.717, 1.165) is 36.8 Å². The number of nitrogens with one attached hydrogen (secondary N) is 1. The Morgan fingerprint density at radius 1 is 0.897 bits per heavy atom. The second-order valence-corrected chi connectivity index (χ2v) is 8.74. The van der Waals surface area contributed by atoms with E-state index in [1.807, 2.05) is 12.2 Å². The molecule has 2 unspecified atom stereocenters. The van der Waals surface area contributed by atoms with E-state index in [0.29, 0.717) is 28.2 Å². The number of hydrogen-bond donors (Lipinski definition) is 1. The van der Waals surface area contributed by atoms with Crippen molar-refractivity contribution in [2.75, 3.05) is 0 Å². The number of nitrogens with zero attached hydrogens (tertiary/aromatic N) is 1. The molecule has 1 aromatic rings. The van der Waals surface area contributed by atoms with Gasteiger partial charge < -0.3 is 0 Å². The van der Waals surface area contributed by atoms with Gasteiger partial charge in [0.15, 0.2) is 0 Å². The van der Waals surface area contributed by atoms with Gasteiger partial charge in [0.05, 0.1) is 11.1 Å². The Morgan fingerprint density at radius 2 is 1.45 bits per heavy atom. The van der Waals surface area contributed by atoms with Crippen molar-refractivity contribution in [3.63, 3.8) is 0 Å². The van der Waals surface area contributed by atoms with E-state index in [9.17, 15) is 19.2 Å². The van der Waals surface area contributed by atoms with Gasteiger partial charge in [0, 0.05) is 29.0 Å². The van der Waals surface area contributed by atoms with Crippen LogP contribution >= 0.6 is 0 Å². The first kappa shape index (κ1) is 16.9. The van der Waals surface area contributed by atoms with Crippen molar-refractivity contribution < 1.29 is 19.2 Å². The highest BCUT2D eigenvalue weighted by Gasteiger charge is 2.50. The van der Waals surface area contributed by atoms with Gasteiger partial charge in [-0.05, 0) is 48.4 Å². The lowest BCUT2D eigenvalue weighted by Crippen LogP contribution is -2.38. The number of carbonyl (C=O) groups excluding carboxylic acids is 4. The SMILES string of the molecule is CCC1CCC(N2C(=O)C3=C[C@@H]4c5cc6c(cc5[C@@H]4C=C3C2=O)C(=O)NC6=O)C1. The molecule has 0 radical (unpaired) electrons. The summed E-state index contributed by atoms with van der Waals surface area (Å²) in [7, 11) is 0. The average Bonchev–Trinajstić information content (AvgIpc) is 3.35. The molecule has 0 aromatic heterocycles. The largest absolute Gasteiger partial charge is 0.288 e. The van der Waals surface area contributed by atoms with Crippen LogP contribution in [0.3, 0.4) is 0 Å². The van der Waals surface area contributed by atoms with Gasteiger partial charge in [-0.1, -0.05) is 25.5 Å². The third-order valence-electron chi connectivity index (χ3n) is 7.38. The number of carbonyl (C=O) groups is 4. The highest BCUT2D eigenvalue weighted by atomic mass is 16.2. The topological polar surface area (TPSA) is 83.6 Å². The van der Waals surface area contributed by atoms with E-state index in [2.05, 4.69) is 12.2 Å². The number of fused-ring (bicyclic) bond motifs is 6. The minimum Gasteiger partial charge on any atom is -0.288 e. The van der Waals surface area contributed by atoms with Gasteiger partial charge in [-0.25, -0.2) is 0 Å². The third-order valence-corrected chi connectivity index (χ3v) is 7.38. The van der Waals surface area contributed by atoms with Gasteiger partial charge >= 0.3 is 0 Å². The zero-order valence-electron chi connectivity index (χ0n) is 16.0. The van der Waals surface area contributed by atoms with E-state index in [-0.39, 0.29) is 41.5 Å². The molecule has 5 aliphatic rings. The highest BCUT2D eigenvalue weighted by molar-refractivity contribution is 6.25. The molecular formula is C23H20N2O4. The quantitative estimate of drug-likeness (QED) is 0.790. The van der Waals surface area contributed by atoms with Gasteiger partial charge in [0.1, 0.15) is 0 Å². The lowest BCUT2D eigenvalue weighted by molar-refractivity contribution is -0.139. The molecule has 2 fully saturated rings. The summed E-state index contributed by atoms with van der Waals surface area (Å²) in [6.45, 7) is 2.16. The normalized spacial score (nSPS) is 31.6. The van der Waals surface area contributed by atoms with Crippen LogP contribution in [0.15, 0.2) is 35.4 Å². The van der Waals surface area contributed by atoms with Crippen LogP contribution in [-0.2, 0) is 9.59 Å². The minimum atomic E-state index is -0.374. The maximum atomic E-state index is 13.1. The van der Waals surface area contributed by atoms with Crippen LogP contribution < -0.4 is 5.32 Å².